The fraction of sp³-hybridized carbons (Fsp3) is 0.800. The van der Waals surface area contributed by atoms with Gasteiger partial charge in [-0.25, -0.2) is 8.78 Å². The maximum Gasteiger partial charge on any atom is 0.254 e. The lowest BCUT2D eigenvalue weighted by Gasteiger charge is -2.18. The number of rotatable bonds is 3. The molecule has 2 atom stereocenters. The van der Waals surface area contributed by atoms with E-state index in [-0.39, 0.29) is 12.5 Å². The van der Waals surface area contributed by atoms with Gasteiger partial charge in [0, 0.05) is 13.1 Å². The van der Waals surface area contributed by atoms with Crippen LogP contribution in [-0.2, 0) is 9.59 Å². The van der Waals surface area contributed by atoms with Crippen molar-refractivity contribution in [1.82, 2.24) is 4.90 Å². The Morgan fingerprint density at radius 2 is 2.00 bits per heavy atom. The molecular weight excluding hydrogens is 218 g/mol. The quantitative estimate of drug-likeness (QED) is 0.777. The zero-order valence-corrected chi connectivity index (χ0v) is 9.37. The molecule has 6 heteroatoms. The van der Waals surface area contributed by atoms with E-state index in [9.17, 15) is 18.4 Å². The van der Waals surface area contributed by atoms with Crippen LogP contribution in [0.15, 0.2) is 0 Å². The van der Waals surface area contributed by atoms with Gasteiger partial charge in [0.05, 0.1) is 12.3 Å². The van der Waals surface area contributed by atoms with Crippen molar-refractivity contribution in [2.24, 2.45) is 17.6 Å². The van der Waals surface area contributed by atoms with E-state index in [0.717, 1.165) is 0 Å². The molecule has 92 valence electrons. The molecule has 0 bridgehead atoms. The van der Waals surface area contributed by atoms with Crippen LogP contribution in [0.2, 0.25) is 0 Å². The molecule has 0 radical (unpaired) electrons. The van der Waals surface area contributed by atoms with Gasteiger partial charge in [0.2, 0.25) is 11.8 Å². The van der Waals surface area contributed by atoms with E-state index in [0.29, 0.717) is 13.5 Å². The molecule has 2 amide bonds. The van der Waals surface area contributed by atoms with Gasteiger partial charge in [0.25, 0.3) is 5.92 Å². The summed E-state index contributed by atoms with van der Waals surface area (Å²) in [5.41, 5.74) is 5.15. The Morgan fingerprint density at radius 3 is 2.38 bits per heavy atom. The average Bonchev–Trinajstić information content (AvgIpc) is 2.44. The number of carbonyl (C=O) groups is 2. The largest absolute Gasteiger partial charge is 0.369 e. The highest BCUT2D eigenvalue weighted by atomic mass is 19.3. The van der Waals surface area contributed by atoms with Crippen LogP contribution in [0.3, 0.4) is 0 Å². The summed E-state index contributed by atoms with van der Waals surface area (Å²) in [6, 6.07) is 0. The number of likely N-dealkylation sites (tertiary alicyclic amines) is 1. The fourth-order valence-electron chi connectivity index (χ4n) is 1.92. The summed E-state index contributed by atoms with van der Waals surface area (Å²) in [6.07, 6.45) is -0.814. The van der Waals surface area contributed by atoms with Gasteiger partial charge in [0.15, 0.2) is 0 Å². The molecular formula is C10H16F2N2O2. The van der Waals surface area contributed by atoms with Crippen LogP contribution >= 0.6 is 0 Å². The van der Waals surface area contributed by atoms with E-state index in [1.165, 1.54) is 4.90 Å². The summed E-state index contributed by atoms with van der Waals surface area (Å²) in [5, 5.41) is 0. The van der Waals surface area contributed by atoms with Crippen molar-refractivity contribution < 1.29 is 18.4 Å². The van der Waals surface area contributed by atoms with Gasteiger partial charge >= 0.3 is 0 Å². The number of nitrogens with zero attached hydrogens (tertiary/aromatic N) is 1. The summed E-state index contributed by atoms with van der Waals surface area (Å²) in [4.78, 5) is 23.8. The van der Waals surface area contributed by atoms with Crippen molar-refractivity contribution >= 4 is 11.8 Å². The van der Waals surface area contributed by atoms with Crippen molar-refractivity contribution in [1.29, 1.82) is 0 Å². The number of primary amides is 1. The maximum atomic E-state index is 12.6. The molecule has 4 nitrogen and oxygen atoms in total. The molecule has 0 aromatic carbocycles. The van der Waals surface area contributed by atoms with Crippen molar-refractivity contribution in [2.45, 2.75) is 26.2 Å². The van der Waals surface area contributed by atoms with Gasteiger partial charge in [-0.2, -0.15) is 0 Å². The van der Waals surface area contributed by atoms with E-state index < -0.39 is 30.1 Å². The van der Waals surface area contributed by atoms with Gasteiger partial charge < -0.3 is 10.6 Å². The lowest BCUT2D eigenvalue weighted by molar-refractivity contribution is -0.136. The third kappa shape index (κ3) is 3.15. The molecule has 0 unspecified atom stereocenters. The first-order valence-corrected chi connectivity index (χ1v) is 5.15. The third-order valence-electron chi connectivity index (χ3n) is 2.79. The summed E-state index contributed by atoms with van der Waals surface area (Å²) in [7, 11) is 0. The zero-order valence-electron chi connectivity index (χ0n) is 9.37. The number of hydrogen-bond donors (Lipinski definition) is 1. The van der Waals surface area contributed by atoms with Gasteiger partial charge in [-0.3, -0.25) is 9.59 Å². The molecule has 1 rings (SSSR count). The second kappa shape index (κ2) is 4.35. The Kier molecular flexibility index (Phi) is 3.50. The molecule has 0 aliphatic carbocycles. The van der Waals surface area contributed by atoms with E-state index in [1.807, 2.05) is 0 Å². The van der Waals surface area contributed by atoms with Gasteiger partial charge in [-0.05, 0) is 12.8 Å². The first kappa shape index (κ1) is 12.9. The van der Waals surface area contributed by atoms with E-state index in [1.54, 1.807) is 6.92 Å². The van der Waals surface area contributed by atoms with Crippen LogP contribution in [0.5, 0.6) is 0 Å². The lowest BCUT2D eigenvalue weighted by atomic mass is 9.98. The minimum Gasteiger partial charge on any atom is -0.369 e. The molecule has 0 aromatic heterocycles. The highest BCUT2D eigenvalue weighted by Gasteiger charge is 2.38. The summed E-state index contributed by atoms with van der Waals surface area (Å²) >= 11 is 0. The summed E-state index contributed by atoms with van der Waals surface area (Å²) in [5.74, 6) is -4.60. The number of alkyl halides is 2. The average molecular weight is 234 g/mol. The molecule has 1 heterocycles. The zero-order chi connectivity index (χ0) is 12.5. The van der Waals surface area contributed by atoms with Crippen LogP contribution in [0, 0.1) is 11.8 Å². The second-order valence-electron chi connectivity index (χ2n) is 4.53. The predicted octanol–water partition coefficient (Wildman–Crippen LogP) is 0.612. The Balaban J connectivity index is 2.58. The Hall–Kier alpha value is -1.20. The van der Waals surface area contributed by atoms with E-state index in [2.05, 4.69) is 0 Å². The Bertz CT molecular complexity index is 302. The van der Waals surface area contributed by atoms with Crippen molar-refractivity contribution in [2.75, 3.05) is 13.1 Å². The summed E-state index contributed by atoms with van der Waals surface area (Å²) < 4.78 is 25.3. The molecule has 1 saturated heterocycles. The Morgan fingerprint density at radius 1 is 1.44 bits per heavy atom. The van der Waals surface area contributed by atoms with E-state index in [4.69, 9.17) is 5.73 Å². The Labute approximate surface area is 92.8 Å². The minimum absolute atomic E-state index is 0.0630. The highest BCUT2D eigenvalue weighted by molar-refractivity contribution is 5.81. The number of halogens is 2. The lowest BCUT2D eigenvalue weighted by Crippen LogP contribution is -2.34. The molecule has 16 heavy (non-hydrogen) atoms. The predicted molar refractivity (Wildman–Crippen MR) is 53.7 cm³/mol. The molecule has 2 N–H and O–H groups in total. The van der Waals surface area contributed by atoms with Crippen LogP contribution in [0.25, 0.3) is 0 Å². The first-order valence-electron chi connectivity index (χ1n) is 5.15. The van der Waals surface area contributed by atoms with Crippen LogP contribution < -0.4 is 5.73 Å². The van der Waals surface area contributed by atoms with Gasteiger partial charge in [-0.1, -0.05) is 6.92 Å². The number of amides is 2. The topological polar surface area (TPSA) is 63.4 Å². The first-order chi connectivity index (χ1) is 7.20. The van der Waals surface area contributed by atoms with Crippen molar-refractivity contribution in [3.8, 4) is 0 Å². The number of nitrogens with two attached hydrogens (primary N) is 1. The third-order valence-corrected chi connectivity index (χ3v) is 2.79. The van der Waals surface area contributed by atoms with Crippen LogP contribution in [0.1, 0.15) is 20.3 Å². The SMILES string of the molecule is C[C@@H]1CN(C(=O)CC(C)(F)F)C[C@H]1C(N)=O. The molecule has 0 spiro atoms. The second-order valence-corrected chi connectivity index (χ2v) is 4.53. The normalized spacial score (nSPS) is 25.9. The standard InChI is InChI=1S/C10H16F2N2O2/c1-6-4-14(5-7(6)9(13)16)8(15)3-10(2,11)12/h6-7H,3-5H2,1-2H3,(H2,13,16)/t6-,7-/m1/s1. The molecule has 0 saturated carbocycles. The molecule has 1 fully saturated rings. The van der Waals surface area contributed by atoms with Gasteiger partial charge in [0.1, 0.15) is 0 Å². The monoisotopic (exact) mass is 234 g/mol. The molecule has 1 aliphatic heterocycles. The van der Waals surface area contributed by atoms with Gasteiger partial charge in [-0.15, -0.1) is 0 Å². The van der Waals surface area contributed by atoms with E-state index >= 15 is 0 Å². The number of hydrogen-bond acceptors (Lipinski definition) is 2. The van der Waals surface area contributed by atoms with Crippen molar-refractivity contribution in [3.63, 3.8) is 0 Å². The molecule has 1 aliphatic rings. The summed E-state index contributed by atoms with van der Waals surface area (Å²) in [6.45, 7) is 2.97. The van der Waals surface area contributed by atoms with Crippen LogP contribution in [0.4, 0.5) is 8.78 Å². The molecule has 0 aromatic rings. The highest BCUT2D eigenvalue weighted by Crippen LogP contribution is 2.25. The number of carbonyl (C=O) groups excluding carboxylic acids is 2. The minimum atomic E-state index is -3.01. The fourth-order valence-corrected chi connectivity index (χ4v) is 1.92. The smallest absolute Gasteiger partial charge is 0.254 e. The van der Waals surface area contributed by atoms with Crippen molar-refractivity contribution in [3.05, 3.63) is 0 Å². The van der Waals surface area contributed by atoms with Crippen LogP contribution in [-0.4, -0.2) is 35.7 Å². The maximum absolute atomic E-state index is 12.6.